The van der Waals surface area contributed by atoms with Crippen LogP contribution in [0, 0.1) is 6.92 Å². The van der Waals surface area contributed by atoms with Crippen molar-refractivity contribution in [2.45, 2.75) is 45.6 Å². The van der Waals surface area contributed by atoms with Gasteiger partial charge in [0.2, 0.25) is 0 Å². The summed E-state index contributed by atoms with van der Waals surface area (Å²) in [6, 6.07) is 0. The van der Waals surface area contributed by atoms with Crippen molar-refractivity contribution in [3.8, 4) is 0 Å². The third kappa shape index (κ3) is 3.47. The van der Waals surface area contributed by atoms with Crippen LogP contribution in [0.3, 0.4) is 0 Å². The lowest BCUT2D eigenvalue weighted by Crippen LogP contribution is -2.52. The molecular weight excluding hydrogens is 326 g/mol. The van der Waals surface area contributed by atoms with Gasteiger partial charge in [0, 0.05) is 38.7 Å². The van der Waals surface area contributed by atoms with Gasteiger partial charge in [0.1, 0.15) is 11.0 Å². The summed E-state index contributed by atoms with van der Waals surface area (Å²) < 4.78 is 5.47. The van der Waals surface area contributed by atoms with Gasteiger partial charge in [-0.1, -0.05) is 13.8 Å². The van der Waals surface area contributed by atoms with Gasteiger partial charge in [0.15, 0.2) is 0 Å². The molecule has 3 heterocycles. The van der Waals surface area contributed by atoms with Crippen LogP contribution < -0.4 is 0 Å². The highest BCUT2D eigenvalue weighted by molar-refractivity contribution is 7.13. The Labute approximate surface area is 146 Å². The number of hydrogen-bond acceptors (Lipinski definition) is 5. The van der Waals surface area contributed by atoms with Crippen molar-refractivity contribution < 1.29 is 14.3 Å². The van der Waals surface area contributed by atoms with Crippen LogP contribution in [0.2, 0.25) is 0 Å². The highest BCUT2D eigenvalue weighted by Gasteiger charge is 2.32. The topological polar surface area (TPSA) is 62.7 Å². The van der Waals surface area contributed by atoms with E-state index in [4.69, 9.17) is 4.74 Å². The monoisotopic (exact) mass is 351 g/mol. The number of carbonyl (C=O) groups is 2. The Balaban J connectivity index is 1.60. The summed E-state index contributed by atoms with van der Waals surface area (Å²) in [7, 11) is 0. The van der Waals surface area contributed by atoms with E-state index in [1.54, 1.807) is 0 Å². The molecule has 2 amide bonds. The van der Waals surface area contributed by atoms with Crippen molar-refractivity contribution in [2.24, 2.45) is 0 Å². The number of amides is 2. The molecule has 1 aromatic heterocycles. The molecule has 1 atom stereocenters. The summed E-state index contributed by atoms with van der Waals surface area (Å²) in [5.41, 5.74) is 0.812. The fourth-order valence-corrected chi connectivity index (χ4v) is 4.15. The standard InChI is InChI=1S/C17H25N3O3S/c1-11(2)15-18-12(3)14(24-15)17(22)20-8-6-19(7-9-20)16(21)13-5-4-10-23-13/h11,13H,4-10H2,1-3H3. The second-order valence-corrected chi connectivity index (χ2v) is 7.77. The van der Waals surface area contributed by atoms with Crippen molar-refractivity contribution in [2.75, 3.05) is 32.8 Å². The molecule has 1 unspecified atom stereocenters. The van der Waals surface area contributed by atoms with Gasteiger partial charge >= 0.3 is 0 Å². The molecule has 0 aliphatic carbocycles. The number of ether oxygens (including phenoxy) is 1. The molecule has 2 aliphatic heterocycles. The van der Waals surface area contributed by atoms with Crippen LogP contribution in [0.5, 0.6) is 0 Å². The lowest BCUT2D eigenvalue weighted by atomic mass is 10.2. The van der Waals surface area contributed by atoms with Gasteiger partial charge < -0.3 is 14.5 Å². The van der Waals surface area contributed by atoms with Crippen molar-refractivity contribution in [1.29, 1.82) is 0 Å². The number of thiazole rings is 1. The van der Waals surface area contributed by atoms with Crippen molar-refractivity contribution in [3.63, 3.8) is 0 Å². The first-order valence-electron chi connectivity index (χ1n) is 8.64. The minimum atomic E-state index is -0.274. The molecule has 2 saturated heterocycles. The molecule has 0 bridgehead atoms. The Hall–Kier alpha value is -1.47. The van der Waals surface area contributed by atoms with Gasteiger partial charge in [-0.05, 0) is 19.8 Å². The van der Waals surface area contributed by atoms with E-state index in [2.05, 4.69) is 18.8 Å². The Morgan fingerprint density at radius 2 is 1.88 bits per heavy atom. The van der Waals surface area contributed by atoms with E-state index in [9.17, 15) is 9.59 Å². The van der Waals surface area contributed by atoms with Gasteiger partial charge in [0.25, 0.3) is 11.8 Å². The van der Waals surface area contributed by atoms with E-state index in [0.29, 0.717) is 38.7 Å². The fraction of sp³-hybridized carbons (Fsp3) is 0.706. The van der Waals surface area contributed by atoms with Crippen LogP contribution in [0.1, 0.15) is 53.0 Å². The maximum atomic E-state index is 12.8. The summed E-state index contributed by atoms with van der Waals surface area (Å²) in [6.07, 6.45) is 1.50. The number of hydrogen-bond donors (Lipinski definition) is 0. The van der Waals surface area contributed by atoms with Gasteiger partial charge in [-0.2, -0.15) is 0 Å². The minimum Gasteiger partial charge on any atom is -0.368 e. The van der Waals surface area contributed by atoms with Crippen molar-refractivity contribution in [3.05, 3.63) is 15.6 Å². The number of aryl methyl sites for hydroxylation is 1. The largest absolute Gasteiger partial charge is 0.368 e. The second-order valence-electron chi connectivity index (χ2n) is 6.74. The minimum absolute atomic E-state index is 0.0427. The summed E-state index contributed by atoms with van der Waals surface area (Å²) in [6.45, 7) is 9.06. The van der Waals surface area contributed by atoms with Gasteiger partial charge in [-0.25, -0.2) is 4.98 Å². The number of nitrogens with zero attached hydrogens (tertiary/aromatic N) is 3. The number of piperazine rings is 1. The lowest BCUT2D eigenvalue weighted by Gasteiger charge is -2.35. The molecule has 24 heavy (non-hydrogen) atoms. The highest BCUT2D eigenvalue weighted by atomic mass is 32.1. The number of rotatable bonds is 3. The normalized spacial score (nSPS) is 21.6. The third-order valence-corrected chi connectivity index (χ3v) is 6.03. The van der Waals surface area contributed by atoms with Crippen LogP contribution >= 0.6 is 11.3 Å². The van der Waals surface area contributed by atoms with Gasteiger partial charge in [0.05, 0.1) is 10.7 Å². The lowest BCUT2D eigenvalue weighted by molar-refractivity contribution is -0.142. The van der Waals surface area contributed by atoms with E-state index >= 15 is 0 Å². The second kappa shape index (κ2) is 7.19. The Kier molecular flexibility index (Phi) is 5.20. The third-order valence-electron chi connectivity index (χ3n) is 4.58. The fourth-order valence-electron chi connectivity index (χ4n) is 3.11. The number of aromatic nitrogens is 1. The van der Waals surface area contributed by atoms with Gasteiger partial charge in [-0.15, -0.1) is 11.3 Å². The first-order valence-corrected chi connectivity index (χ1v) is 9.46. The summed E-state index contributed by atoms with van der Waals surface area (Å²) >= 11 is 1.49. The van der Waals surface area contributed by atoms with Crippen LogP contribution in [-0.4, -0.2) is 65.5 Å². The maximum absolute atomic E-state index is 12.8. The van der Waals surface area contributed by atoms with E-state index in [-0.39, 0.29) is 17.9 Å². The van der Waals surface area contributed by atoms with E-state index in [1.807, 2.05) is 16.7 Å². The van der Waals surface area contributed by atoms with E-state index in [0.717, 1.165) is 28.4 Å². The van der Waals surface area contributed by atoms with Crippen LogP contribution in [0.15, 0.2) is 0 Å². The highest BCUT2D eigenvalue weighted by Crippen LogP contribution is 2.26. The zero-order valence-corrected chi connectivity index (χ0v) is 15.4. The molecule has 132 valence electrons. The van der Waals surface area contributed by atoms with Crippen LogP contribution in [0.25, 0.3) is 0 Å². The van der Waals surface area contributed by atoms with E-state index < -0.39 is 0 Å². The SMILES string of the molecule is Cc1nc(C(C)C)sc1C(=O)N1CCN(C(=O)C2CCCO2)CC1. The molecule has 2 fully saturated rings. The van der Waals surface area contributed by atoms with E-state index in [1.165, 1.54) is 11.3 Å². The maximum Gasteiger partial charge on any atom is 0.265 e. The molecular formula is C17H25N3O3S. The Morgan fingerprint density at radius 3 is 2.42 bits per heavy atom. The molecule has 0 aromatic carbocycles. The Morgan fingerprint density at radius 1 is 1.21 bits per heavy atom. The molecule has 1 aromatic rings. The van der Waals surface area contributed by atoms with Crippen LogP contribution in [-0.2, 0) is 9.53 Å². The van der Waals surface area contributed by atoms with Crippen molar-refractivity contribution >= 4 is 23.2 Å². The molecule has 2 aliphatic rings. The zero-order valence-electron chi connectivity index (χ0n) is 14.6. The first kappa shape index (κ1) is 17.4. The van der Waals surface area contributed by atoms with Crippen LogP contribution in [0.4, 0.5) is 0 Å². The number of carbonyl (C=O) groups excluding carboxylic acids is 2. The van der Waals surface area contributed by atoms with Gasteiger partial charge in [-0.3, -0.25) is 9.59 Å². The molecule has 0 spiro atoms. The first-order chi connectivity index (χ1) is 11.5. The summed E-state index contributed by atoms with van der Waals surface area (Å²) in [4.78, 5) is 34.0. The average molecular weight is 351 g/mol. The summed E-state index contributed by atoms with van der Waals surface area (Å²) in [5, 5.41) is 1.00. The summed E-state index contributed by atoms with van der Waals surface area (Å²) in [5.74, 6) is 0.452. The molecule has 0 radical (unpaired) electrons. The molecule has 3 rings (SSSR count). The predicted molar refractivity (Wildman–Crippen MR) is 92.4 cm³/mol. The average Bonchev–Trinajstić information content (AvgIpc) is 3.23. The molecule has 0 N–H and O–H groups in total. The predicted octanol–water partition coefficient (Wildman–Crippen LogP) is 2.04. The smallest absolute Gasteiger partial charge is 0.265 e. The zero-order chi connectivity index (χ0) is 17.3. The molecule has 6 nitrogen and oxygen atoms in total. The Bertz CT molecular complexity index is 615. The molecule has 0 saturated carbocycles. The molecule has 7 heteroatoms. The quantitative estimate of drug-likeness (QED) is 0.836. The van der Waals surface area contributed by atoms with Crippen molar-refractivity contribution in [1.82, 2.24) is 14.8 Å².